The molecule has 0 unspecified atom stereocenters. The highest BCUT2D eigenvalue weighted by Crippen LogP contribution is 2.41. The highest BCUT2D eigenvalue weighted by atomic mass is 16.5. The molecule has 29 heavy (non-hydrogen) atoms. The van der Waals surface area contributed by atoms with E-state index in [-0.39, 0.29) is 52.2 Å². The fourth-order valence-corrected chi connectivity index (χ4v) is 3.21. The van der Waals surface area contributed by atoms with Crippen molar-refractivity contribution in [1.82, 2.24) is 0 Å². The molecule has 8 heteroatoms. The van der Waals surface area contributed by atoms with Crippen LogP contribution in [0.3, 0.4) is 0 Å². The van der Waals surface area contributed by atoms with Crippen molar-refractivity contribution in [2.75, 3.05) is 0 Å². The Labute approximate surface area is 165 Å². The van der Waals surface area contributed by atoms with Gasteiger partial charge in [-0.1, -0.05) is 24.3 Å². The molecule has 0 atom stereocenters. The molecule has 3 rings (SSSR count). The van der Waals surface area contributed by atoms with E-state index in [0.29, 0.717) is 0 Å². The number of hydrogen-bond donors (Lipinski definition) is 1. The van der Waals surface area contributed by atoms with E-state index in [1.807, 2.05) is 0 Å². The molecule has 0 saturated heterocycles. The third kappa shape index (κ3) is 3.77. The molecular weight excluding hydrogens is 380 g/mol. The third-order valence-electron chi connectivity index (χ3n) is 4.30. The molecule has 2 aromatic rings. The van der Waals surface area contributed by atoms with Gasteiger partial charge in [0.2, 0.25) is 0 Å². The topological polar surface area (TPSA) is 124 Å². The van der Waals surface area contributed by atoms with E-state index in [4.69, 9.17) is 14.6 Å². The van der Waals surface area contributed by atoms with Crippen LogP contribution >= 0.6 is 0 Å². The summed E-state index contributed by atoms with van der Waals surface area (Å²) >= 11 is 0. The predicted molar refractivity (Wildman–Crippen MR) is 98.3 cm³/mol. The van der Waals surface area contributed by atoms with Crippen LogP contribution in [-0.4, -0.2) is 34.6 Å². The monoisotopic (exact) mass is 396 g/mol. The summed E-state index contributed by atoms with van der Waals surface area (Å²) < 4.78 is 10.4. The summed E-state index contributed by atoms with van der Waals surface area (Å²) in [4.78, 5) is 60.5. The van der Waals surface area contributed by atoms with Crippen LogP contribution in [0.1, 0.15) is 57.7 Å². The molecule has 1 N–H and O–H groups in total. The number of carbonyl (C=O) groups excluding carboxylic acids is 4. The van der Waals surface area contributed by atoms with E-state index in [1.54, 1.807) is 12.1 Å². The highest BCUT2D eigenvalue weighted by molar-refractivity contribution is 6.30. The minimum atomic E-state index is -1.11. The van der Waals surface area contributed by atoms with Gasteiger partial charge in [0.25, 0.3) is 0 Å². The molecule has 0 bridgehead atoms. The number of fused-ring (bicyclic) bond motifs is 2. The SMILES string of the molecule is CC(=O)Oc1cc(CCC(=O)O)c(OC(C)=O)c2c1C(=O)c1ccccc1C2=O. The van der Waals surface area contributed by atoms with Gasteiger partial charge < -0.3 is 14.6 Å². The number of carbonyl (C=O) groups is 5. The number of carboxylic acids is 1. The van der Waals surface area contributed by atoms with Crippen molar-refractivity contribution in [3.05, 3.63) is 58.1 Å². The average Bonchev–Trinajstić information content (AvgIpc) is 2.64. The molecular formula is C21H16O8. The van der Waals surface area contributed by atoms with Gasteiger partial charge in [-0.3, -0.25) is 24.0 Å². The highest BCUT2D eigenvalue weighted by Gasteiger charge is 2.37. The first-order chi connectivity index (χ1) is 13.7. The van der Waals surface area contributed by atoms with Crippen LogP contribution < -0.4 is 9.47 Å². The molecule has 0 spiro atoms. The van der Waals surface area contributed by atoms with E-state index >= 15 is 0 Å². The first-order valence-corrected chi connectivity index (χ1v) is 8.67. The number of aryl methyl sites for hydroxylation is 1. The lowest BCUT2D eigenvalue weighted by Crippen LogP contribution is -2.25. The van der Waals surface area contributed by atoms with Gasteiger partial charge in [0.1, 0.15) is 11.5 Å². The third-order valence-corrected chi connectivity index (χ3v) is 4.30. The Kier molecular flexibility index (Phi) is 5.27. The van der Waals surface area contributed by atoms with Gasteiger partial charge in [0, 0.05) is 31.4 Å². The summed E-state index contributed by atoms with van der Waals surface area (Å²) in [6.07, 6.45) is -0.437. The minimum absolute atomic E-state index is 0.109. The number of hydrogen-bond acceptors (Lipinski definition) is 7. The lowest BCUT2D eigenvalue weighted by Gasteiger charge is -2.23. The molecule has 0 heterocycles. The van der Waals surface area contributed by atoms with E-state index in [0.717, 1.165) is 13.8 Å². The van der Waals surface area contributed by atoms with Gasteiger partial charge in [-0.25, -0.2) is 0 Å². The number of carboxylic acid groups (broad SMARTS) is 1. The molecule has 1 aliphatic rings. The van der Waals surface area contributed by atoms with E-state index in [9.17, 15) is 24.0 Å². The Morgan fingerprint density at radius 3 is 1.97 bits per heavy atom. The lowest BCUT2D eigenvalue weighted by molar-refractivity contribution is -0.137. The normalized spacial score (nSPS) is 12.1. The molecule has 0 amide bonds. The first-order valence-electron chi connectivity index (χ1n) is 8.67. The number of rotatable bonds is 5. The molecule has 0 aromatic heterocycles. The van der Waals surface area contributed by atoms with Crippen LogP contribution in [0.5, 0.6) is 11.5 Å². The van der Waals surface area contributed by atoms with E-state index < -0.39 is 29.5 Å². The number of ether oxygens (including phenoxy) is 2. The maximum Gasteiger partial charge on any atom is 0.308 e. The molecule has 0 fully saturated rings. The van der Waals surface area contributed by atoms with Crippen molar-refractivity contribution in [1.29, 1.82) is 0 Å². The standard InChI is InChI=1S/C21H16O8/c1-10(22)28-15-9-12(7-8-16(24)25)21(29-11(2)23)18-17(15)19(26)13-5-3-4-6-14(13)20(18)27/h3-6,9H,7-8H2,1-2H3,(H,24,25). The zero-order chi connectivity index (χ0) is 21.3. The van der Waals surface area contributed by atoms with Gasteiger partial charge >= 0.3 is 17.9 Å². The molecule has 148 valence electrons. The largest absolute Gasteiger partial charge is 0.481 e. The lowest BCUT2D eigenvalue weighted by atomic mass is 9.81. The number of benzene rings is 2. The summed E-state index contributed by atoms with van der Waals surface area (Å²) in [5, 5.41) is 9.01. The molecule has 0 radical (unpaired) electrons. The second-order valence-electron chi connectivity index (χ2n) is 6.40. The molecule has 0 saturated carbocycles. The quantitative estimate of drug-likeness (QED) is 0.515. The number of aliphatic carboxylic acids is 1. The Balaban J connectivity index is 2.34. The van der Waals surface area contributed by atoms with Crippen molar-refractivity contribution < 1.29 is 38.6 Å². The molecule has 8 nitrogen and oxygen atoms in total. The Morgan fingerprint density at radius 2 is 1.45 bits per heavy atom. The van der Waals surface area contributed by atoms with Crippen LogP contribution in [0.4, 0.5) is 0 Å². The van der Waals surface area contributed by atoms with Gasteiger partial charge in [-0.2, -0.15) is 0 Å². The van der Waals surface area contributed by atoms with Crippen LogP contribution in [0.2, 0.25) is 0 Å². The predicted octanol–water partition coefficient (Wildman–Crippen LogP) is 2.33. The van der Waals surface area contributed by atoms with Crippen molar-refractivity contribution in [3.8, 4) is 11.5 Å². The fourth-order valence-electron chi connectivity index (χ4n) is 3.21. The van der Waals surface area contributed by atoms with Crippen molar-refractivity contribution in [2.45, 2.75) is 26.7 Å². The van der Waals surface area contributed by atoms with Crippen molar-refractivity contribution in [3.63, 3.8) is 0 Å². The summed E-state index contributed by atoms with van der Waals surface area (Å²) in [5.41, 5.74) is -0.00609. The van der Waals surface area contributed by atoms with E-state index in [2.05, 4.69) is 0 Å². The Bertz CT molecular complexity index is 1080. The minimum Gasteiger partial charge on any atom is -0.481 e. The number of ketones is 2. The van der Waals surface area contributed by atoms with Crippen LogP contribution in [0.25, 0.3) is 0 Å². The summed E-state index contributed by atoms with van der Waals surface area (Å²) in [6.45, 7) is 2.25. The van der Waals surface area contributed by atoms with Gasteiger partial charge in [0.05, 0.1) is 11.1 Å². The van der Waals surface area contributed by atoms with Crippen molar-refractivity contribution in [2.24, 2.45) is 0 Å². The second-order valence-corrected chi connectivity index (χ2v) is 6.40. The van der Waals surface area contributed by atoms with Crippen molar-refractivity contribution >= 4 is 29.5 Å². The maximum absolute atomic E-state index is 13.2. The van der Waals surface area contributed by atoms with Gasteiger partial charge in [-0.15, -0.1) is 0 Å². The summed E-state index contributed by atoms with van der Waals surface area (Å²) in [6, 6.07) is 7.38. The van der Waals surface area contributed by atoms with E-state index in [1.165, 1.54) is 18.2 Å². The summed E-state index contributed by atoms with van der Waals surface area (Å²) in [5.74, 6) is -4.12. The first kappa shape index (κ1) is 19.9. The maximum atomic E-state index is 13.2. The molecule has 2 aromatic carbocycles. The Hall–Kier alpha value is -3.81. The Morgan fingerprint density at radius 1 is 0.897 bits per heavy atom. The van der Waals surface area contributed by atoms with Crippen LogP contribution in [0.15, 0.2) is 30.3 Å². The zero-order valence-corrected chi connectivity index (χ0v) is 15.6. The number of esters is 2. The smallest absolute Gasteiger partial charge is 0.308 e. The summed E-state index contributed by atoms with van der Waals surface area (Å²) in [7, 11) is 0. The second kappa shape index (κ2) is 7.67. The van der Waals surface area contributed by atoms with Crippen LogP contribution in [0, 0.1) is 0 Å². The molecule has 1 aliphatic carbocycles. The average molecular weight is 396 g/mol. The fraction of sp³-hybridized carbons (Fsp3) is 0.190. The molecule has 0 aliphatic heterocycles. The zero-order valence-electron chi connectivity index (χ0n) is 15.6. The van der Waals surface area contributed by atoms with Gasteiger partial charge in [-0.05, 0) is 18.1 Å². The van der Waals surface area contributed by atoms with Gasteiger partial charge in [0.15, 0.2) is 11.6 Å². The van der Waals surface area contributed by atoms with Crippen LogP contribution in [-0.2, 0) is 20.8 Å².